The molecule has 1 N–H and O–H groups in total. The fourth-order valence-corrected chi connectivity index (χ4v) is 2.87. The number of hydrogen-bond acceptors (Lipinski definition) is 4. The molecule has 3 rings (SSSR count). The van der Waals surface area contributed by atoms with Crippen molar-refractivity contribution in [1.82, 2.24) is 5.32 Å². The van der Waals surface area contributed by atoms with E-state index in [0.717, 1.165) is 30.8 Å². The summed E-state index contributed by atoms with van der Waals surface area (Å²) in [6.07, 6.45) is 2.74. The van der Waals surface area contributed by atoms with E-state index >= 15 is 0 Å². The van der Waals surface area contributed by atoms with Gasteiger partial charge in [0.15, 0.2) is 11.5 Å². The first-order valence-corrected chi connectivity index (χ1v) is 7.39. The van der Waals surface area contributed by atoms with Gasteiger partial charge in [0, 0.05) is 7.11 Å². The van der Waals surface area contributed by atoms with E-state index in [1.165, 1.54) is 0 Å². The lowest BCUT2D eigenvalue weighted by Gasteiger charge is -2.39. The Morgan fingerprint density at radius 3 is 2.81 bits per heavy atom. The molecule has 0 unspecified atom stereocenters. The first kappa shape index (κ1) is 14.2. The van der Waals surface area contributed by atoms with Gasteiger partial charge < -0.3 is 19.5 Å². The molecule has 0 bridgehead atoms. The van der Waals surface area contributed by atoms with Crippen LogP contribution in [-0.2, 0) is 9.53 Å². The maximum absolute atomic E-state index is 12.3. The number of benzene rings is 1. The predicted molar refractivity (Wildman–Crippen MR) is 77.5 cm³/mol. The molecule has 5 nitrogen and oxygen atoms in total. The van der Waals surface area contributed by atoms with Crippen LogP contribution >= 0.6 is 0 Å². The topological polar surface area (TPSA) is 56.8 Å². The minimum absolute atomic E-state index is 0.0676. The lowest BCUT2D eigenvalue weighted by molar-refractivity contribution is -0.141. The zero-order chi connectivity index (χ0) is 14.7. The average molecular weight is 291 g/mol. The second-order valence-electron chi connectivity index (χ2n) is 5.77. The van der Waals surface area contributed by atoms with Gasteiger partial charge in [-0.1, -0.05) is 18.6 Å². The second-order valence-corrected chi connectivity index (χ2v) is 5.77. The Balaban J connectivity index is 1.53. The summed E-state index contributed by atoms with van der Waals surface area (Å²) in [4.78, 5) is 12.3. The number of ether oxygens (including phenoxy) is 3. The highest BCUT2D eigenvalue weighted by atomic mass is 16.6. The molecule has 1 aromatic carbocycles. The molecule has 1 fully saturated rings. The van der Waals surface area contributed by atoms with Crippen molar-refractivity contribution < 1.29 is 19.0 Å². The van der Waals surface area contributed by atoms with Crippen LogP contribution in [0.3, 0.4) is 0 Å². The number of para-hydroxylation sites is 2. The molecule has 1 amide bonds. The molecule has 5 heteroatoms. The lowest BCUT2D eigenvalue weighted by atomic mass is 9.68. The first-order chi connectivity index (χ1) is 10.2. The van der Waals surface area contributed by atoms with Gasteiger partial charge in [-0.15, -0.1) is 0 Å². The summed E-state index contributed by atoms with van der Waals surface area (Å²) < 4.78 is 16.7. The summed E-state index contributed by atoms with van der Waals surface area (Å²) in [7, 11) is 1.64. The summed E-state index contributed by atoms with van der Waals surface area (Å²) in [6.45, 7) is 1.40. The minimum atomic E-state index is -0.331. The monoisotopic (exact) mass is 291 g/mol. The number of hydrogen-bond donors (Lipinski definition) is 1. The fourth-order valence-electron chi connectivity index (χ4n) is 2.87. The molecule has 0 spiro atoms. The Morgan fingerprint density at radius 1 is 1.38 bits per heavy atom. The molecule has 1 aromatic rings. The van der Waals surface area contributed by atoms with Crippen molar-refractivity contribution >= 4 is 5.91 Å². The van der Waals surface area contributed by atoms with Crippen LogP contribution < -0.4 is 14.8 Å². The summed E-state index contributed by atoms with van der Waals surface area (Å²) in [5, 5.41) is 2.99. The van der Waals surface area contributed by atoms with Crippen molar-refractivity contribution in [1.29, 1.82) is 0 Å². The fraction of sp³-hybridized carbons (Fsp3) is 0.562. The minimum Gasteiger partial charge on any atom is -0.486 e. The third-order valence-electron chi connectivity index (χ3n) is 4.27. The van der Waals surface area contributed by atoms with Crippen LogP contribution in [0.1, 0.15) is 19.3 Å². The Bertz CT molecular complexity index is 513. The predicted octanol–water partition coefficient (Wildman–Crippen LogP) is 1.76. The molecule has 1 atom stereocenters. The molecule has 1 aliphatic heterocycles. The van der Waals surface area contributed by atoms with E-state index in [0.29, 0.717) is 19.8 Å². The Kier molecular flexibility index (Phi) is 4.01. The van der Waals surface area contributed by atoms with Crippen molar-refractivity contribution in [2.45, 2.75) is 25.4 Å². The Morgan fingerprint density at radius 2 is 2.14 bits per heavy atom. The van der Waals surface area contributed by atoms with Crippen molar-refractivity contribution in [3.8, 4) is 11.5 Å². The van der Waals surface area contributed by atoms with Gasteiger partial charge in [0.25, 0.3) is 0 Å². The third-order valence-corrected chi connectivity index (χ3v) is 4.27. The Labute approximate surface area is 124 Å². The van der Waals surface area contributed by atoms with Crippen LogP contribution in [0.25, 0.3) is 0 Å². The summed E-state index contributed by atoms with van der Waals surface area (Å²) in [5.74, 6) is 1.56. The molecule has 1 saturated carbocycles. The van der Waals surface area contributed by atoms with Crippen molar-refractivity contribution in [2.24, 2.45) is 5.41 Å². The van der Waals surface area contributed by atoms with Crippen LogP contribution in [0, 0.1) is 5.41 Å². The van der Waals surface area contributed by atoms with Crippen LogP contribution in [-0.4, -0.2) is 38.9 Å². The van der Waals surface area contributed by atoms with Crippen LogP contribution in [0.5, 0.6) is 11.5 Å². The summed E-state index contributed by atoms with van der Waals surface area (Å²) in [5.41, 5.74) is -0.331. The molecule has 0 saturated heterocycles. The smallest absolute Gasteiger partial charge is 0.228 e. The van der Waals surface area contributed by atoms with Gasteiger partial charge in [-0.25, -0.2) is 0 Å². The van der Waals surface area contributed by atoms with E-state index in [1.807, 2.05) is 24.3 Å². The largest absolute Gasteiger partial charge is 0.486 e. The van der Waals surface area contributed by atoms with Crippen molar-refractivity contribution in [3.05, 3.63) is 24.3 Å². The van der Waals surface area contributed by atoms with Crippen molar-refractivity contribution in [3.63, 3.8) is 0 Å². The maximum atomic E-state index is 12.3. The van der Waals surface area contributed by atoms with Gasteiger partial charge in [0.2, 0.25) is 5.91 Å². The zero-order valence-electron chi connectivity index (χ0n) is 12.3. The number of nitrogens with one attached hydrogen (secondary N) is 1. The second kappa shape index (κ2) is 5.93. The summed E-state index contributed by atoms with van der Waals surface area (Å²) >= 11 is 0. The molecule has 0 aromatic heterocycles. The van der Waals surface area contributed by atoms with E-state index in [-0.39, 0.29) is 17.4 Å². The van der Waals surface area contributed by atoms with Gasteiger partial charge in [0.05, 0.1) is 18.6 Å². The van der Waals surface area contributed by atoms with E-state index in [9.17, 15) is 4.79 Å². The average Bonchev–Trinajstić information content (AvgIpc) is 2.48. The van der Waals surface area contributed by atoms with Crippen LogP contribution in [0.2, 0.25) is 0 Å². The standard InChI is InChI=1S/C16H21NO4/c1-19-11-16(7-4-8-16)15(18)17-9-12-10-20-13-5-2-3-6-14(13)21-12/h2-3,5-6,12H,4,7-11H2,1H3,(H,17,18)/t12-/m0/s1. The number of carbonyl (C=O) groups excluding carboxylic acids is 1. The van der Waals surface area contributed by atoms with Gasteiger partial charge in [-0.3, -0.25) is 4.79 Å². The SMILES string of the molecule is COCC1(C(=O)NC[C@H]2COc3ccccc3O2)CCC1. The third kappa shape index (κ3) is 2.83. The van der Waals surface area contributed by atoms with Gasteiger partial charge >= 0.3 is 0 Å². The molecule has 1 heterocycles. The van der Waals surface area contributed by atoms with Crippen molar-refractivity contribution in [2.75, 3.05) is 26.9 Å². The van der Waals surface area contributed by atoms with Crippen LogP contribution in [0.15, 0.2) is 24.3 Å². The van der Waals surface area contributed by atoms with Crippen LogP contribution in [0.4, 0.5) is 0 Å². The van der Waals surface area contributed by atoms with E-state index in [1.54, 1.807) is 7.11 Å². The zero-order valence-corrected chi connectivity index (χ0v) is 12.3. The molecule has 0 radical (unpaired) electrons. The molecule has 2 aliphatic rings. The normalized spacial score (nSPS) is 22.2. The molecule has 114 valence electrons. The number of methoxy groups -OCH3 is 1. The quantitative estimate of drug-likeness (QED) is 0.898. The highest BCUT2D eigenvalue weighted by Crippen LogP contribution is 2.41. The molecule has 1 aliphatic carbocycles. The lowest BCUT2D eigenvalue weighted by Crippen LogP contribution is -2.51. The number of carbonyl (C=O) groups is 1. The highest BCUT2D eigenvalue weighted by Gasteiger charge is 2.44. The molecular formula is C16H21NO4. The molecule has 21 heavy (non-hydrogen) atoms. The van der Waals surface area contributed by atoms with E-state index in [4.69, 9.17) is 14.2 Å². The number of rotatable bonds is 5. The van der Waals surface area contributed by atoms with Gasteiger partial charge in [-0.2, -0.15) is 0 Å². The first-order valence-electron chi connectivity index (χ1n) is 7.39. The maximum Gasteiger partial charge on any atom is 0.228 e. The number of amides is 1. The van der Waals surface area contributed by atoms with Gasteiger partial charge in [0.1, 0.15) is 12.7 Å². The number of fused-ring (bicyclic) bond motifs is 1. The van der Waals surface area contributed by atoms with E-state index in [2.05, 4.69) is 5.32 Å². The highest BCUT2D eigenvalue weighted by molar-refractivity contribution is 5.83. The summed E-state index contributed by atoms with van der Waals surface area (Å²) in [6, 6.07) is 7.58. The van der Waals surface area contributed by atoms with E-state index < -0.39 is 0 Å². The Hall–Kier alpha value is -1.75. The molecular weight excluding hydrogens is 270 g/mol. The van der Waals surface area contributed by atoms with Gasteiger partial charge in [-0.05, 0) is 25.0 Å².